The third-order valence-corrected chi connectivity index (χ3v) is 4.95. The summed E-state index contributed by atoms with van der Waals surface area (Å²) in [6.45, 7) is 7.93. The third kappa shape index (κ3) is 6.48. The van der Waals surface area contributed by atoms with E-state index >= 15 is 0 Å². The lowest BCUT2D eigenvalue weighted by atomic mass is 10.1. The average molecular weight is 393 g/mol. The lowest BCUT2D eigenvalue weighted by molar-refractivity contribution is 0.235. The van der Waals surface area contributed by atoms with Crippen LogP contribution in [0, 0.1) is 0 Å². The van der Waals surface area contributed by atoms with E-state index in [0.717, 1.165) is 49.9 Å². The van der Waals surface area contributed by atoms with E-state index in [-0.39, 0.29) is 0 Å². The molecule has 28 heavy (non-hydrogen) atoms. The smallest absolute Gasteiger partial charge is 0.203 e. The van der Waals surface area contributed by atoms with Gasteiger partial charge in [0.15, 0.2) is 17.5 Å². The molecule has 2 rings (SSSR count). The topological polar surface area (TPSA) is 67.4 Å². The van der Waals surface area contributed by atoms with Gasteiger partial charge in [-0.3, -0.25) is 4.99 Å². The zero-order valence-corrected chi connectivity index (χ0v) is 17.8. The molecule has 2 N–H and O–H groups in total. The maximum absolute atomic E-state index is 5.56. The molecule has 0 radical (unpaired) electrons. The fourth-order valence-electron chi connectivity index (χ4n) is 3.50. The molecule has 1 aliphatic rings. The minimum absolute atomic E-state index is 0.629. The number of aliphatic imine (C=N–C) groups is 1. The molecule has 1 heterocycles. The molecule has 1 aliphatic heterocycles. The summed E-state index contributed by atoms with van der Waals surface area (Å²) in [7, 11) is 4.91. The first-order valence-electron chi connectivity index (χ1n) is 10.3. The summed E-state index contributed by atoms with van der Waals surface area (Å²) in [4.78, 5) is 7.22. The van der Waals surface area contributed by atoms with Crippen molar-refractivity contribution in [3.05, 3.63) is 17.7 Å². The monoisotopic (exact) mass is 392 g/mol. The highest BCUT2D eigenvalue weighted by atomic mass is 16.5. The largest absolute Gasteiger partial charge is 0.493 e. The van der Waals surface area contributed by atoms with E-state index in [1.807, 2.05) is 12.1 Å². The summed E-state index contributed by atoms with van der Waals surface area (Å²) in [5, 5.41) is 6.74. The lowest BCUT2D eigenvalue weighted by Crippen LogP contribution is -2.39. The SMILES string of the molecule is CCNC(=NCCN1CCCCC1)NCCc1ccc(OC)c(OC)c1OC. The highest BCUT2D eigenvalue weighted by molar-refractivity contribution is 5.79. The van der Waals surface area contributed by atoms with E-state index < -0.39 is 0 Å². The summed E-state index contributed by atoms with van der Waals surface area (Å²) < 4.78 is 16.4. The Bertz CT molecular complexity index is 616. The predicted molar refractivity (Wildman–Crippen MR) is 114 cm³/mol. The molecule has 0 saturated carbocycles. The fraction of sp³-hybridized carbons (Fsp3) is 0.667. The quantitative estimate of drug-likeness (QED) is 0.470. The van der Waals surface area contributed by atoms with Crippen LogP contribution in [0.1, 0.15) is 31.7 Å². The van der Waals surface area contributed by atoms with E-state index in [2.05, 4.69) is 22.5 Å². The molecule has 7 heteroatoms. The first-order chi connectivity index (χ1) is 13.7. The number of nitrogens with zero attached hydrogens (tertiary/aromatic N) is 2. The Kier molecular flexibility index (Phi) is 9.76. The van der Waals surface area contributed by atoms with Crippen LogP contribution in [-0.4, -0.2) is 71.5 Å². The van der Waals surface area contributed by atoms with Gasteiger partial charge >= 0.3 is 0 Å². The van der Waals surface area contributed by atoms with E-state index in [4.69, 9.17) is 19.2 Å². The molecule has 0 aliphatic carbocycles. The van der Waals surface area contributed by atoms with Crippen LogP contribution in [0.15, 0.2) is 17.1 Å². The van der Waals surface area contributed by atoms with Crippen molar-refractivity contribution in [1.29, 1.82) is 0 Å². The van der Waals surface area contributed by atoms with Gasteiger partial charge in [-0.05, 0) is 45.3 Å². The van der Waals surface area contributed by atoms with Crippen LogP contribution in [0.2, 0.25) is 0 Å². The molecular formula is C21H36N4O3. The van der Waals surface area contributed by atoms with Gasteiger partial charge in [0.25, 0.3) is 0 Å². The van der Waals surface area contributed by atoms with Crippen molar-refractivity contribution in [2.75, 3.05) is 60.6 Å². The van der Waals surface area contributed by atoms with E-state index in [1.54, 1.807) is 21.3 Å². The van der Waals surface area contributed by atoms with Gasteiger partial charge in [-0.15, -0.1) is 0 Å². The predicted octanol–water partition coefficient (Wildman–Crippen LogP) is 2.30. The molecule has 0 atom stereocenters. The number of benzene rings is 1. The first-order valence-corrected chi connectivity index (χ1v) is 10.3. The van der Waals surface area contributed by atoms with E-state index in [1.165, 1.54) is 32.4 Å². The van der Waals surface area contributed by atoms with Gasteiger partial charge in [-0.2, -0.15) is 0 Å². The molecule has 1 aromatic rings. The van der Waals surface area contributed by atoms with Crippen molar-refractivity contribution in [1.82, 2.24) is 15.5 Å². The normalized spacial score (nSPS) is 15.2. The van der Waals surface area contributed by atoms with Gasteiger partial charge in [0.1, 0.15) is 0 Å². The Morgan fingerprint density at radius 2 is 1.75 bits per heavy atom. The second-order valence-corrected chi connectivity index (χ2v) is 6.83. The Hall–Kier alpha value is -2.15. The van der Waals surface area contributed by atoms with Gasteiger partial charge < -0.3 is 29.7 Å². The van der Waals surface area contributed by atoms with Crippen LogP contribution in [0.4, 0.5) is 0 Å². The molecule has 1 fully saturated rings. The van der Waals surface area contributed by atoms with Gasteiger partial charge in [0, 0.05) is 25.2 Å². The fourth-order valence-corrected chi connectivity index (χ4v) is 3.50. The molecule has 7 nitrogen and oxygen atoms in total. The van der Waals surface area contributed by atoms with Gasteiger partial charge in [0.05, 0.1) is 27.9 Å². The molecule has 0 amide bonds. The highest BCUT2D eigenvalue weighted by Gasteiger charge is 2.15. The number of likely N-dealkylation sites (tertiary alicyclic amines) is 1. The second kappa shape index (κ2) is 12.3. The van der Waals surface area contributed by atoms with Gasteiger partial charge in [-0.1, -0.05) is 12.5 Å². The van der Waals surface area contributed by atoms with Crippen LogP contribution in [0.5, 0.6) is 17.2 Å². The van der Waals surface area contributed by atoms with Crippen LogP contribution in [0.25, 0.3) is 0 Å². The van der Waals surface area contributed by atoms with Crippen LogP contribution in [-0.2, 0) is 6.42 Å². The van der Waals surface area contributed by atoms with Crippen LogP contribution >= 0.6 is 0 Å². The zero-order chi connectivity index (χ0) is 20.2. The maximum atomic E-state index is 5.56. The number of hydrogen-bond acceptors (Lipinski definition) is 5. The zero-order valence-electron chi connectivity index (χ0n) is 17.8. The molecule has 0 aromatic heterocycles. The Morgan fingerprint density at radius 3 is 2.39 bits per heavy atom. The summed E-state index contributed by atoms with van der Waals surface area (Å²) in [5.41, 5.74) is 1.07. The van der Waals surface area contributed by atoms with Gasteiger partial charge in [-0.25, -0.2) is 0 Å². The standard InChI is InChI=1S/C21H36N4O3/c1-5-22-21(24-13-16-25-14-7-6-8-15-25)23-12-11-17-9-10-18(26-2)20(28-4)19(17)27-3/h9-10H,5-8,11-16H2,1-4H3,(H2,22,23,24). The van der Waals surface area contributed by atoms with Crippen molar-refractivity contribution >= 4 is 5.96 Å². The number of guanidine groups is 1. The number of ether oxygens (including phenoxy) is 3. The van der Waals surface area contributed by atoms with Crippen LogP contribution < -0.4 is 24.8 Å². The van der Waals surface area contributed by atoms with Crippen molar-refractivity contribution in [3.8, 4) is 17.2 Å². The average Bonchev–Trinajstić information content (AvgIpc) is 2.73. The Labute approximate surface area is 169 Å². The van der Waals surface area contributed by atoms with E-state index in [9.17, 15) is 0 Å². The van der Waals surface area contributed by atoms with Crippen molar-refractivity contribution in [3.63, 3.8) is 0 Å². The number of piperidine rings is 1. The second-order valence-electron chi connectivity index (χ2n) is 6.83. The Balaban J connectivity index is 1.90. The minimum Gasteiger partial charge on any atom is -0.493 e. The summed E-state index contributed by atoms with van der Waals surface area (Å²) in [6.07, 6.45) is 4.79. The lowest BCUT2D eigenvalue weighted by Gasteiger charge is -2.25. The number of nitrogens with one attached hydrogen (secondary N) is 2. The highest BCUT2D eigenvalue weighted by Crippen LogP contribution is 2.39. The molecule has 1 saturated heterocycles. The molecule has 1 aromatic carbocycles. The van der Waals surface area contributed by atoms with Crippen molar-refractivity contribution in [2.24, 2.45) is 4.99 Å². The van der Waals surface area contributed by atoms with E-state index in [0.29, 0.717) is 11.5 Å². The molecule has 0 unspecified atom stereocenters. The number of methoxy groups -OCH3 is 3. The molecular weight excluding hydrogens is 356 g/mol. The molecule has 158 valence electrons. The summed E-state index contributed by atoms with van der Waals surface area (Å²) >= 11 is 0. The molecule has 0 spiro atoms. The van der Waals surface area contributed by atoms with Crippen molar-refractivity contribution in [2.45, 2.75) is 32.6 Å². The maximum Gasteiger partial charge on any atom is 0.203 e. The third-order valence-electron chi connectivity index (χ3n) is 4.95. The summed E-state index contributed by atoms with van der Waals surface area (Å²) in [5.74, 6) is 2.88. The van der Waals surface area contributed by atoms with Crippen molar-refractivity contribution < 1.29 is 14.2 Å². The first kappa shape index (κ1) is 22.1. The minimum atomic E-state index is 0.629. The Morgan fingerprint density at radius 1 is 1.00 bits per heavy atom. The number of rotatable bonds is 10. The summed E-state index contributed by atoms with van der Waals surface area (Å²) in [6, 6.07) is 3.93. The van der Waals surface area contributed by atoms with Crippen LogP contribution in [0.3, 0.4) is 0 Å². The number of hydrogen-bond donors (Lipinski definition) is 2. The molecule has 0 bridgehead atoms. The van der Waals surface area contributed by atoms with Gasteiger partial charge in [0.2, 0.25) is 5.75 Å².